The first kappa shape index (κ1) is 27.8. The van der Waals surface area contributed by atoms with Crippen LogP contribution in [0.5, 0.6) is 5.75 Å². The average Bonchev–Trinajstić information content (AvgIpc) is 3.28. The second-order valence-electron chi connectivity index (χ2n) is 10.1. The van der Waals surface area contributed by atoms with Crippen molar-refractivity contribution in [3.05, 3.63) is 58.7 Å². The van der Waals surface area contributed by atoms with E-state index in [1.54, 1.807) is 30.5 Å². The molecule has 0 saturated carbocycles. The summed E-state index contributed by atoms with van der Waals surface area (Å²) in [5, 5.41) is 0. The molecule has 1 aliphatic rings. The van der Waals surface area contributed by atoms with Gasteiger partial charge in [-0.3, -0.25) is 9.59 Å². The smallest absolute Gasteiger partial charge is 0.409 e. The number of likely N-dealkylation sites (tertiary alicyclic amines) is 1. The molecule has 2 aromatic carbocycles. The van der Waals surface area contributed by atoms with E-state index in [0.717, 1.165) is 40.2 Å². The van der Waals surface area contributed by atoms with Gasteiger partial charge in [-0.25, -0.2) is 4.79 Å². The van der Waals surface area contributed by atoms with Crippen molar-refractivity contribution in [1.82, 2.24) is 4.90 Å². The SMILES string of the molecule is COC(=O)N1C[C@H](CCc2cc(C)c(OC(C)(C)C(C)=O)c(C)c2)[C@@H](C(=O)c2ccc(SC)cc2)C1. The Hall–Kier alpha value is -2.80. The van der Waals surface area contributed by atoms with E-state index >= 15 is 0 Å². The number of rotatable bonds is 9. The molecule has 3 rings (SSSR count). The lowest BCUT2D eigenvalue weighted by Crippen LogP contribution is -2.36. The number of methoxy groups -OCH3 is 1. The first-order chi connectivity index (χ1) is 17.0. The molecule has 6 nitrogen and oxygen atoms in total. The fourth-order valence-electron chi connectivity index (χ4n) is 4.73. The summed E-state index contributed by atoms with van der Waals surface area (Å²) in [7, 11) is 1.37. The predicted octanol–water partition coefficient (Wildman–Crippen LogP) is 5.90. The number of carbonyl (C=O) groups excluding carboxylic acids is 3. The molecule has 2 atom stereocenters. The Morgan fingerprint density at radius 2 is 1.67 bits per heavy atom. The van der Waals surface area contributed by atoms with Crippen LogP contribution in [0.15, 0.2) is 41.3 Å². The zero-order chi connectivity index (χ0) is 26.6. The fraction of sp³-hybridized carbons (Fsp3) is 0.483. The van der Waals surface area contributed by atoms with Gasteiger partial charge < -0.3 is 14.4 Å². The molecule has 36 heavy (non-hydrogen) atoms. The lowest BCUT2D eigenvalue weighted by Gasteiger charge is -2.26. The van der Waals surface area contributed by atoms with E-state index in [9.17, 15) is 14.4 Å². The topological polar surface area (TPSA) is 72.9 Å². The lowest BCUT2D eigenvalue weighted by atomic mass is 9.84. The Bertz CT molecular complexity index is 1100. The van der Waals surface area contributed by atoms with Gasteiger partial charge in [0.1, 0.15) is 5.75 Å². The molecule has 7 heteroatoms. The van der Waals surface area contributed by atoms with Gasteiger partial charge in [0.2, 0.25) is 0 Å². The second kappa shape index (κ2) is 11.5. The van der Waals surface area contributed by atoms with Crippen molar-refractivity contribution in [2.45, 2.75) is 58.0 Å². The molecule has 0 radical (unpaired) electrons. The molecule has 2 aromatic rings. The summed E-state index contributed by atoms with van der Waals surface area (Å²) in [4.78, 5) is 40.4. The Balaban J connectivity index is 1.77. The number of amides is 1. The summed E-state index contributed by atoms with van der Waals surface area (Å²) in [6.45, 7) is 9.93. The van der Waals surface area contributed by atoms with E-state index in [4.69, 9.17) is 9.47 Å². The fourth-order valence-corrected chi connectivity index (χ4v) is 5.14. The van der Waals surface area contributed by atoms with Gasteiger partial charge in [0.15, 0.2) is 17.2 Å². The van der Waals surface area contributed by atoms with E-state index < -0.39 is 11.7 Å². The van der Waals surface area contributed by atoms with E-state index in [2.05, 4.69) is 12.1 Å². The summed E-state index contributed by atoms with van der Waals surface area (Å²) in [5.74, 6) is 0.538. The number of ketones is 2. The van der Waals surface area contributed by atoms with Crippen molar-refractivity contribution < 1.29 is 23.9 Å². The van der Waals surface area contributed by atoms with Crippen LogP contribution in [0.2, 0.25) is 0 Å². The van der Waals surface area contributed by atoms with Gasteiger partial charge in [-0.05, 0) is 88.5 Å². The second-order valence-corrected chi connectivity index (χ2v) is 11.0. The van der Waals surface area contributed by atoms with Gasteiger partial charge in [-0.2, -0.15) is 0 Å². The summed E-state index contributed by atoms with van der Waals surface area (Å²) < 4.78 is 11.0. The largest absolute Gasteiger partial charge is 0.480 e. The summed E-state index contributed by atoms with van der Waals surface area (Å²) in [5.41, 5.74) is 2.88. The molecule has 194 valence electrons. The van der Waals surface area contributed by atoms with Crippen LogP contribution >= 0.6 is 11.8 Å². The maximum atomic E-state index is 13.4. The summed E-state index contributed by atoms with van der Waals surface area (Å²) in [6, 6.07) is 11.8. The molecule has 1 aliphatic heterocycles. The van der Waals surface area contributed by atoms with Gasteiger partial charge in [-0.15, -0.1) is 11.8 Å². The lowest BCUT2D eigenvalue weighted by molar-refractivity contribution is -0.129. The van der Waals surface area contributed by atoms with Crippen LogP contribution in [0.1, 0.15) is 54.2 Å². The molecule has 0 spiro atoms. The van der Waals surface area contributed by atoms with Crippen molar-refractivity contribution >= 4 is 29.4 Å². The normalized spacial score (nSPS) is 17.7. The Labute approximate surface area is 218 Å². The maximum Gasteiger partial charge on any atom is 0.409 e. The van der Waals surface area contributed by atoms with E-state index in [0.29, 0.717) is 18.7 Å². The zero-order valence-electron chi connectivity index (χ0n) is 22.3. The highest BCUT2D eigenvalue weighted by atomic mass is 32.2. The monoisotopic (exact) mass is 511 g/mol. The number of hydrogen-bond donors (Lipinski definition) is 0. The number of carbonyl (C=O) groups is 3. The van der Waals surface area contributed by atoms with Crippen LogP contribution in [0.4, 0.5) is 4.79 Å². The third-order valence-electron chi connectivity index (χ3n) is 7.11. The highest BCUT2D eigenvalue weighted by molar-refractivity contribution is 7.98. The minimum atomic E-state index is -0.889. The number of thioether (sulfide) groups is 1. The van der Waals surface area contributed by atoms with Crippen molar-refractivity contribution in [2.24, 2.45) is 11.8 Å². The molecule has 0 aliphatic carbocycles. The average molecular weight is 512 g/mol. The van der Waals surface area contributed by atoms with Crippen LogP contribution in [-0.2, 0) is 16.0 Å². The summed E-state index contributed by atoms with van der Waals surface area (Å²) >= 11 is 1.64. The highest BCUT2D eigenvalue weighted by Crippen LogP contribution is 2.33. The van der Waals surface area contributed by atoms with Gasteiger partial charge in [0.05, 0.1) is 7.11 Å². The van der Waals surface area contributed by atoms with Crippen molar-refractivity contribution in [3.63, 3.8) is 0 Å². The van der Waals surface area contributed by atoms with Crippen molar-refractivity contribution in [2.75, 3.05) is 26.5 Å². The van der Waals surface area contributed by atoms with E-state index in [-0.39, 0.29) is 23.4 Å². The maximum absolute atomic E-state index is 13.4. The predicted molar refractivity (Wildman–Crippen MR) is 143 cm³/mol. The standard InChI is InChI=1S/C29H37NO5S/c1-18-14-21(15-19(2)27(18)35-29(4,5)20(3)31)8-9-23-16-30(28(33)34-6)17-25(23)26(32)22-10-12-24(36-7)13-11-22/h10-15,23,25H,8-9,16-17H2,1-7H3/t23-,25-/m0/s1. The van der Waals surface area contributed by atoms with Gasteiger partial charge in [-0.1, -0.05) is 24.3 Å². The van der Waals surface area contributed by atoms with Crippen LogP contribution in [0.3, 0.4) is 0 Å². The van der Waals surface area contributed by atoms with Crippen LogP contribution in [-0.4, -0.2) is 54.6 Å². The van der Waals surface area contributed by atoms with Crippen LogP contribution < -0.4 is 4.74 Å². The first-order valence-corrected chi connectivity index (χ1v) is 13.5. The molecule has 0 aromatic heterocycles. The van der Waals surface area contributed by atoms with Crippen LogP contribution in [0, 0.1) is 25.7 Å². The zero-order valence-corrected chi connectivity index (χ0v) is 23.2. The number of Topliss-reactive ketones (excluding diaryl/α,β-unsaturated/α-hetero) is 2. The third-order valence-corrected chi connectivity index (χ3v) is 7.86. The number of nitrogens with zero attached hydrogens (tertiary/aromatic N) is 1. The van der Waals surface area contributed by atoms with E-state index in [1.165, 1.54) is 14.0 Å². The number of hydrogen-bond acceptors (Lipinski definition) is 6. The van der Waals surface area contributed by atoms with Gasteiger partial charge >= 0.3 is 6.09 Å². The molecule has 0 unspecified atom stereocenters. The molecule has 0 bridgehead atoms. The molecule has 1 amide bonds. The van der Waals surface area contributed by atoms with Crippen molar-refractivity contribution in [3.8, 4) is 5.75 Å². The number of ether oxygens (including phenoxy) is 2. The van der Waals surface area contributed by atoms with Crippen molar-refractivity contribution in [1.29, 1.82) is 0 Å². The quantitative estimate of drug-likeness (QED) is 0.308. The van der Waals surface area contributed by atoms with Gasteiger partial charge in [0.25, 0.3) is 0 Å². The summed E-state index contributed by atoms with van der Waals surface area (Å²) in [6.07, 6.45) is 3.15. The highest BCUT2D eigenvalue weighted by Gasteiger charge is 2.40. The molecule has 1 saturated heterocycles. The minimum Gasteiger partial charge on any atom is -0.480 e. The number of aryl methyl sites for hydroxylation is 3. The van der Waals surface area contributed by atoms with E-state index in [1.807, 2.05) is 44.4 Å². The number of benzene rings is 2. The Kier molecular flexibility index (Phi) is 8.88. The Morgan fingerprint density at radius 3 is 2.19 bits per heavy atom. The third kappa shape index (κ3) is 6.30. The molecule has 0 N–H and O–H groups in total. The molecular weight excluding hydrogens is 474 g/mol. The molecule has 1 heterocycles. The first-order valence-electron chi connectivity index (χ1n) is 12.3. The minimum absolute atomic E-state index is 0.0273. The van der Waals surface area contributed by atoms with Gasteiger partial charge in [0, 0.05) is 29.5 Å². The Morgan fingerprint density at radius 1 is 1.06 bits per heavy atom. The molecular formula is C29H37NO5S. The van der Waals surface area contributed by atoms with Crippen LogP contribution in [0.25, 0.3) is 0 Å². The molecule has 1 fully saturated rings.